The zero-order valence-electron chi connectivity index (χ0n) is 16.2. The SMILES string of the molecule is CC1=NC2=c3nc(C)cc(-c4ccccc4)c3=CCC2C(c2ccccc2)=C1. The van der Waals surface area contributed by atoms with Crippen molar-refractivity contribution in [2.75, 3.05) is 0 Å². The smallest absolute Gasteiger partial charge is 0.0929 e. The molecule has 1 aliphatic heterocycles. The molecule has 2 aromatic carbocycles. The molecule has 28 heavy (non-hydrogen) atoms. The molecule has 2 heterocycles. The van der Waals surface area contributed by atoms with Crippen LogP contribution in [0.25, 0.3) is 28.5 Å². The number of pyridine rings is 1. The summed E-state index contributed by atoms with van der Waals surface area (Å²) >= 11 is 0. The molecule has 0 saturated carbocycles. The van der Waals surface area contributed by atoms with Gasteiger partial charge >= 0.3 is 0 Å². The van der Waals surface area contributed by atoms with Gasteiger partial charge in [-0.15, -0.1) is 0 Å². The number of aliphatic imine (C=N–C) groups is 1. The molecule has 1 atom stereocenters. The molecule has 136 valence electrons. The van der Waals surface area contributed by atoms with Gasteiger partial charge in [-0.2, -0.15) is 0 Å². The van der Waals surface area contributed by atoms with Gasteiger partial charge in [-0.1, -0.05) is 66.7 Å². The maximum atomic E-state index is 4.97. The molecular weight excluding hydrogens is 340 g/mol. The number of dihydropyridines is 1. The van der Waals surface area contributed by atoms with E-state index in [1.54, 1.807) is 0 Å². The molecule has 0 bridgehead atoms. The summed E-state index contributed by atoms with van der Waals surface area (Å²) in [4.78, 5) is 9.92. The Kier molecular flexibility index (Phi) is 4.05. The lowest BCUT2D eigenvalue weighted by atomic mass is 9.81. The van der Waals surface area contributed by atoms with Crippen LogP contribution in [0.4, 0.5) is 0 Å². The standard InChI is InChI=1S/C26H22N2/c1-17-15-23(19-9-5-3-6-10-19)21-13-14-22-24(20-11-7-4-8-12-20)16-18(2)28-26(22)25(21)27-17/h3-13,15-16,22H,14H2,1-2H3. The quantitative estimate of drug-likeness (QED) is 0.658. The van der Waals surface area contributed by atoms with Crippen molar-refractivity contribution in [3.05, 3.63) is 94.6 Å². The Balaban J connectivity index is 1.77. The van der Waals surface area contributed by atoms with Gasteiger partial charge in [0.05, 0.1) is 11.0 Å². The predicted molar refractivity (Wildman–Crippen MR) is 117 cm³/mol. The molecule has 5 rings (SSSR count). The highest BCUT2D eigenvalue weighted by Gasteiger charge is 2.27. The van der Waals surface area contributed by atoms with Crippen molar-refractivity contribution >= 4 is 23.1 Å². The molecule has 2 heteroatoms. The van der Waals surface area contributed by atoms with E-state index in [0.29, 0.717) is 0 Å². The van der Waals surface area contributed by atoms with Crippen molar-refractivity contribution in [3.8, 4) is 11.1 Å². The Bertz CT molecular complexity index is 1230. The molecule has 0 fully saturated rings. The van der Waals surface area contributed by atoms with E-state index in [1.807, 2.05) is 0 Å². The third-order valence-corrected chi connectivity index (χ3v) is 5.55. The fraction of sp³-hybridized carbons (Fsp3) is 0.154. The van der Waals surface area contributed by atoms with Gasteiger partial charge in [0.25, 0.3) is 0 Å². The van der Waals surface area contributed by atoms with Gasteiger partial charge in [0.1, 0.15) is 0 Å². The molecule has 0 amide bonds. The van der Waals surface area contributed by atoms with Gasteiger partial charge in [0.2, 0.25) is 0 Å². The van der Waals surface area contributed by atoms with Crippen LogP contribution in [-0.2, 0) is 0 Å². The number of rotatable bonds is 2. The van der Waals surface area contributed by atoms with E-state index >= 15 is 0 Å². The Morgan fingerprint density at radius 3 is 2.25 bits per heavy atom. The maximum Gasteiger partial charge on any atom is 0.0929 e. The van der Waals surface area contributed by atoms with E-state index in [9.17, 15) is 0 Å². The van der Waals surface area contributed by atoms with Gasteiger partial charge in [0, 0.05) is 22.5 Å². The summed E-state index contributed by atoms with van der Waals surface area (Å²) < 4.78 is 0. The minimum atomic E-state index is 0.261. The van der Waals surface area contributed by atoms with Gasteiger partial charge < -0.3 is 0 Å². The third-order valence-electron chi connectivity index (χ3n) is 5.55. The summed E-state index contributed by atoms with van der Waals surface area (Å²) in [5, 5.41) is 2.25. The average Bonchev–Trinajstić information content (AvgIpc) is 2.74. The number of nitrogens with zero attached hydrogens (tertiary/aromatic N) is 2. The van der Waals surface area contributed by atoms with Gasteiger partial charge in [0.15, 0.2) is 0 Å². The van der Waals surface area contributed by atoms with Crippen LogP contribution in [0.3, 0.4) is 0 Å². The Morgan fingerprint density at radius 1 is 0.857 bits per heavy atom. The van der Waals surface area contributed by atoms with Crippen LogP contribution in [0, 0.1) is 12.8 Å². The zero-order chi connectivity index (χ0) is 19.1. The molecular formula is C26H22N2. The normalized spacial score (nSPS) is 17.8. The molecule has 0 radical (unpaired) electrons. The van der Waals surface area contributed by atoms with Crippen molar-refractivity contribution in [2.24, 2.45) is 10.9 Å². The molecule has 1 aromatic heterocycles. The van der Waals surface area contributed by atoms with Crippen molar-refractivity contribution in [2.45, 2.75) is 20.3 Å². The number of aromatic nitrogens is 1. The van der Waals surface area contributed by atoms with Gasteiger partial charge in [-0.25, -0.2) is 0 Å². The third kappa shape index (κ3) is 2.82. The van der Waals surface area contributed by atoms with Gasteiger partial charge in [-0.05, 0) is 54.7 Å². The summed E-state index contributed by atoms with van der Waals surface area (Å²) in [5.74, 6) is 0.261. The second-order valence-corrected chi connectivity index (χ2v) is 7.54. The van der Waals surface area contributed by atoms with Crippen molar-refractivity contribution < 1.29 is 0 Å². The van der Waals surface area contributed by atoms with Crippen LogP contribution in [0.15, 0.2) is 77.8 Å². The lowest BCUT2D eigenvalue weighted by Crippen LogP contribution is -2.38. The second-order valence-electron chi connectivity index (χ2n) is 7.54. The largest absolute Gasteiger partial charge is 0.255 e. The monoisotopic (exact) mass is 362 g/mol. The van der Waals surface area contributed by atoms with E-state index in [-0.39, 0.29) is 5.92 Å². The number of aryl methyl sites for hydroxylation is 1. The first kappa shape index (κ1) is 16.9. The Hall–Kier alpha value is -3.26. The predicted octanol–water partition coefficient (Wildman–Crippen LogP) is 4.52. The van der Waals surface area contributed by atoms with E-state index in [4.69, 9.17) is 9.98 Å². The highest BCUT2D eigenvalue weighted by molar-refractivity contribution is 6.06. The van der Waals surface area contributed by atoms with Crippen molar-refractivity contribution in [3.63, 3.8) is 0 Å². The Labute approximate surface area is 165 Å². The summed E-state index contributed by atoms with van der Waals surface area (Å²) in [6, 6.07) is 23.4. The lowest BCUT2D eigenvalue weighted by Gasteiger charge is -2.27. The summed E-state index contributed by atoms with van der Waals surface area (Å²) in [7, 11) is 0. The van der Waals surface area contributed by atoms with Crippen LogP contribution in [0.5, 0.6) is 0 Å². The minimum Gasteiger partial charge on any atom is -0.255 e. The van der Waals surface area contributed by atoms with Crippen LogP contribution in [0.1, 0.15) is 24.6 Å². The highest BCUT2D eigenvalue weighted by Crippen LogP contribution is 2.37. The molecule has 1 aliphatic carbocycles. The first-order chi connectivity index (χ1) is 13.7. The highest BCUT2D eigenvalue weighted by atomic mass is 14.8. The minimum absolute atomic E-state index is 0.261. The van der Waals surface area contributed by atoms with E-state index in [2.05, 4.69) is 92.7 Å². The summed E-state index contributed by atoms with van der Waals surface area (Å²) in [6.07, 6.45) is 5.53. The molecule has 1 unspecified atom stereocenters. The van der Waals surface area contributed by atoms with Crippen LogP contribution < -0.4 is 10.6 Å². The maximum absolute atomic E-state index is 4.97. The Morgan fingerprint density at radius 2 is 1.54 bits per heavy atom. The number of allylic oxidation sites excluding steroid dienone is 1. The molecule has 0 N–H and O–H groups in total. The summed E-state index contributed by atoms with van der Waals surface area (Å²) in [5.41, 5.74) is 8.27. The zero-order valence-corrected chi connectivity index (χ0v) is 16.2. The number of benzene rings is 2. The topological polar surface area (TPSA) is 25.2 Å². The van der Waals surface area contributed by atoms with Crippen LogP contribution in [0.2, 0.25) is 0 Å². The molecule has 0 spiro atoms. The fourth-order valence-corrected chi connectivity index (χ4v) is 4.32. The van der Waals surface area contributed by atoms with Crippen LogP contribution in [-0.4, -0.2) is 10.7 Å². The van der Waals surface area contributed by atoms with Gasteiger partial charge in [-0.3, -0.25) is 9.98 Å². The molecule has 3 aromatic rings. The molecule has 0 saturated heterocycles. The summed E-state index contributed by atoms with van der Waals surface area (Å²) in [6.45, 7) is 4.16. The van der Waals surface area contributed by atoms with E-state index < -0.39 is 0 Å². The average molecular weight is 362 g/mol. The number of hydrogen-bond acceptors (Lipinski definition) is 2. The van der Waals surface area contributed by atoms with E-state index in [0.717, 1.165) is 28.9 Å². The fourth-order valence-electron chi connectivity index (χ4n) is 4.32. The van der Waals surface area contributed by atoms with E-state index in [1.165, 1.54) is 27.5 Å². The first-order valence-electron chi connectivity index (χ1n) is 9.80. The molecule has 2 aliphatic rings. The van der Waals surface area contributed by atoms with Crippen LogP contribution >= 0.6 is 0 Å². The second kappa shape index (κ2) is 6.72. The molecule has 2 nitrogen and oxygen atoms in total. The number of hydrogen-bond donors (Lipinski definition) is 0. The number of fused-ring (bicyclic) bond motifs is 2. The first-order valence-corrected chi connectivity index (χ1v) is 9.80. The van der Waals surface area contributed by atoms with Crippen molar-refractivity contribution in [1.29, 1.82) is 0 Å². The lowest BCUT2D eigenvalue weighted by molar-refractivity contribution is 0.848. The van der Waals surface area contributed by atoms with Crippen molar-refractivity contribution in [1.82, 2.24) is 4.98 Å².